The molecule has 0 amide bonds. The summed E-state index contributed by atoms with van der Waals surface area (Å²) < 4.78 is 5.17. The normalized spacial score (nSPS) is 16.6. The second kappa shape index (κ2) is 7.19. The van der Waals surface area contributed by atoms with Crippen molar-refractivity contribution in [3.05, 3.63) is 22.7 Å². The molecule has 0 saturated heterocycles. The van der Waals surface area contributed by atoms with Gasteiger partial charge in [0.05, 0.1) is 12.1 Å². The SMILES string of the molecule is CCN(Cc1cc(Cl)c(O)c(OC)c1)C1CCCCC1. The maximum Gasteiger partial charge on any atom is 0.176 e. The van der Waals surface area contributed by atoms with Gasteiger partial charge >= 0.3 is 0 Å². The fourth-order valence-electron chi connectivity index (χ4n) is 3.05. The van der Waals surface area contributed by atoms with Crippen molar-refractivity contribution in [2.45, 2.75) is 51.6 Å². The zero-order valence-corrected chi connectivity index (χ0v) is 13.1. The summed E-state index contributed by atoms with van der Waals surface area (Å²) in [5.74, 6) is 0.478. The quantitative estimate of drug-likeness (QED) is 0.884. The molecular formula is C16H24ClNO2. The molecule has 0 radical (unpaired) electrons. The third kappa shape index (κ3) is 3.58. The van der Waals surface area contributed by atoms with Crippen LogP contribution in [0.25, 0.3) is 0 Å². The van der Waals surface area contributed by atoms with Crippen molar-refractivity contribution in [1.29, 1.82) is 0 Å². The second-order valence-corrected chi connectivity index (χ2v) is 5.89. The zero-order chi connectivity index (χ0) is 14.5. The molecule has 1 fully saturated rings. The average molecular weight is 298 g/mol. The van der Waals surface area contributed by atoms with Crippen LogP contribution in [0.5, 0.6) is 11.5 Å². The van der Waals surface area contributed by atoms with E-state index in [2.05, 4.69) is 11.8 Å². The number of phenolic OH excluding ortho intramolecular Hbond substituents is 1. The molecule has 1 N–H and O–H groups in total. The lowest BCUT2D eigenvalue weighted by molar-refractivity contribution is 0.156. The van der Waals surface area contributed by atoms with Gasteiger partial charge in [-0.25, -0.2) is 0 Å². The van der Waals surface area contributed by atoms with E-state index in [0.29, 0.717) is 16.8 Å². The summed E-state index contributed by atoms with van der Waals surface area (Å²) >= 11 is 6.06. The fraction of sp³-hybridized carbons (Fsp3) is 0.625. The summed E-state index contributed by atoms with van der Waals surface area (Å²) in [6.07, 6.45) is 6.61. The van der Waals surface area contributed by atoms with Crippen LogP contribution >= 0.6 is 11.6 Å². The maximum absolute atomic E-state index is 9.79. The minimum atomic E-state index is 0.0265. The number of aromatic hydroxyl groups is 1. The molecule has 0 unspecified atom stereocenters. The standard InChI is InChI=1S/C16H24ClNO2/c1-3-18(13-7-5-4-6-8-13)11-12-9-14(17)16(19)15(10-12)20-2/h9-10,13,19H,3-8,11H2,1-2H3. The van der Waals surface area contributed by atoms with Gasteiger partial charge in [0, 0.05) is 12.6 Å². The second-order valence-electron chi connectivity index (χ2n) is 5.48. The molecule has 0 heterocycles. The van der Waals surface area contributed by atoms with Gasteiger partial charge in [-0.15, -0.1) is 0 Å². The van der Waals surface area contributed by atoms with Crippen LogP contribution in [0.3, 0.4) is 0 Å². The molecule has 1 aliphatic carbocycles. The van der Waals surface area contributed by atoms with Gasteiger partial charge in [0.1, 0.15) is 0 Å². The fourth-order valence-corrected chi connectivity index (χ4v) is 3.29. The van der Waals surface area contributed by atoms with E-state index in [4.69, 9.17) is 16.3 Å². The Kier molecular flexibility index (Phi) is 5.55. The Morgan fingerprint density at radius 3 is 2.60 bits per heavy atom. The first kappa shape index (κ1) is 15.5. The van der Waals surface area contributed by atoms with Crippen molar-refractivity contribution in [1.82, 2.24) is 4.90 Å². The van der Waals surface area contributed by atoms with Crippen LogP contribution in [-0.4, -0.2) is 29.7 Å². The van der Waals surface area contributed by atoms with E-state index in [1.807, 2.05) is 12.1 Å². The molecular weight excluding hydrogens is 274 g/mol. The van der Waals surface area contributed by atoms with Gasteiger partial charge in [-0.2, -0.15) is 0 Å². The van der Waals surface area contributed by atoms with Gasteiger partial charge in [-0.3, -0.25) is 4.90 Å². The number of hydrogen-bond donors (Lipinski definition) is 1. The van der Waals surface area contributed by atoms with Crippen LogP contribution in [0.15, 0.2) is 12.1 Å². The van der Waals surface area contributed by atoms with Crippen LogP contribution in [0.4, 0.5) is 0 Å². The number of methoxy groups -OCH3 is 1. The Labute approximate surface area is 126 Å². The molecule has 0 aromatic heterocycles. The number of ether oxygens (including phenoxy) is 1. The Balaban J connectivity index is 2.12. The van der Waals surface area contributed by atoms with E-state index in [-0.39, 0.29) is 5.75 Å². The first-order valence-electron chi connectivity index (χ1n) is 7.45. The van der Waals surface area contributed by atoms with Crippen LogP contribution in [0.1, 0.15) is 44.6 Å². The minimum Gasteiger partial charge on any atom is -0.503 e. The Morgan fingerprint density at radius 1 is 1.30 bits per heavy atom. The van der Waals surface area contributed by atoms with Crippen molar-refractivity contribution in [3.8, 4) is 11.5 Å². The first-order valence-corrected chi connectivity index (χ1v) is 7.83. The smallest absolute Gasteiger partial charge is 0.176 e. The van der Waals surface area contributed by atoms with Crippen LogP contribution in [-0.2, 0) is 6.54 Å². The lowest BCUT2D eigenvalue weighted by atomic mass is 9.94. The molecule has 0 bridgehead atoms. The van der Waals surface area contributed by atoms with Crippen molar-refractivity contribution >= 4 is 11.6 Å². The molecule has 1 saturated carbocycles. The van der Waals surface area contributed by atoms with E-state index < -0.39 is 0 Å². The number of halogens is 1. The lowest BCUT2D eigenvalue weighted by Crippen LogP contribution is -2.36. The molecule has 4 heteroatoms. The van der Waals surface area contributed by atoms with Gasteiger partial charge in [-0.05, 0) is 37.1 Å². The summed E-state index contributed by atoms with van der Waals surface area (Å²) in [5.41, 5.74) is 1.09. The highest BCUT2D eigenvalue weighted by Gasteiger charge is 2.20. The van der Waals surface area contributed by atoms with Gasteiger partial charge in [0.2, 0.25) is 0 Å². The summed E-state index contributed by atoms with van der Waals surface area (Å²) in [7, 11) is 1.55. The molecule has 1 aromatic carbocycles. The predicted molar refractivity (Wildman–Crippen MR) is 82.6 cm³/mol. The topological polar surface area (TPSA) is 32.7 Å². The monoisotopic (exact) mass is 297 g/mol. The summed E-state index contributed by atoms with van der Waals surface area (Å²) in [6, 6.07) is 4.39. The molecule has 0 spiro atoms. The van der Waals surface area contributed by atoms with Crippen molar-refractivity contribution in [3.63, 3.8) is 0 Å². The van der Waals surface area contributed by atoms with Gasteiger partial charge in [0.25, 0.3) is 0 Å². The number of hydrogen-bond acceptors (Lipinski definition) is 3. The average Bonchev–Trinajstić information content (AvgIpc) is 2.49. The third-order valence-electron chi connectivity index (χ3n) is 4.19. The molecule has 3 nitrogen and oxygen atoms in total. The van der Waals surface area contributed by atoms with E-state index in [9.17, 15) is 5.11 Å². The molecule has 112 valence electrons. The van der Waals surface area contributed by atoms with E-state index in [1.54, 1.807) is 7.11 Å². The lowest BCUT2D eigenvalue weighted by Gasteiger charge is -2.33. The molecule has 20 heavy (non-hydrogen) atoms. The third-order valence-corrected chi connectivity index (χ3v) is 4.48. The Morgan fingerprint density at radius 2 is 2.00 bits per heavy atom. The number of benzene rings is 1. The largest absolute Gasteiger partial charge is 0.503 e. The number of rotatable bonds is 5. The molecule has 0 atom stereocenters. The summed E-state index contributed by atoms with van der Waals surface area (Å²) in [5, 5.41) is 10.2. The molecule has 1 aliphatic rings. The Bertz CT molecular complexity index is 444. The van der Waals surface area contributed by atoms with Crippen molar-refractivity contribution in [2.75, 3.05) is 13.7 Å². The first-order chi connectivity index (χ1) is 9.65. The highest BCUT2D eigenvalue weighted by molar-refractivity contribution is 6.32. The van der Waals surface area contributed by atoms with Crippen LogP contribution < -0.4 is 4.74 Å². The molecule has 0 aliphatic heterocycles. The van der Waals surface area contributed by atoms with Crippen LogP contribution in [0.2, 0.25) is 5.02 Å². The van der Waals surface area contributed by atoms with E-state index in [1.165, 1.54) is 32.1 Å². The van der Waals surface area contributed by atoms with Gasteiger partial charge < -0.3 is 9.84 Å². The number of nitrogens with zero attached hydrogens (tertiary/aromatic N) is 1. The zero-order valence-electron chi connectivity index (χ0n) is 12.4. The molecule has 1 aromatic rings. The van der Waals surface area contributed by atoms with Crippen molar-refractivity contribution in [2.24, 2.45) is 0 Å². The number of phenols is 1. The maximum atomic E-state index is 9.79. The van der Waals surface area contributed by atoms with Gasteiger partial charge in [0.15, 0.2) is 11.5 Å². The molecule has 2 rings (SSSR count). The Hall–Kier alpha value is -0.930. The summed E-state index contributed by atoms with van der Waals surface area (Å²) in [6.45, 7) is 4.09. The van der Waals surface area contributed by atoms with E-state index in [0.717, 1.165) is 18.7 Å². The highest BCUT2D eigenvalue weighted by Crippen LogP contribution is 2.35. The summed E-state index contributed by atoms with van der Waals surface area (Å²) in [4.78, 5) is 2.50. The highest BCUT2D eigenvalue weighted by atomic mass is 35.5. The van der Waals surface area contributed by atoms with Crippen LogP contribution in [0, 0.1) is 0 Å². The van der Waals surface area contributed by atoms with E-state index >= 15 is 0 Å². The van der Waals surface area contributed by atoms with Crippen molar-refractivity contribution < 1.29 is 9.84 Å². The predicted octanol–water partition coefficient (Wildman–Crippen LogP) is 4.21. The minimum absolute atomic E-state index is 0.0265. The van der Waals surface area contributed by atoms with Gasteiger partial charge in [-0.1, -0.05) is 37.8 Å².